The number of hydrogen-bond acceptors (Lipinski definition) is 3. The number of rotatable bonds is 2. The number of likely N-dealkylation sites (N-methyl/N-ethyl adjacent to an activating group) is 1. The van der Waals surface area contributed by atoms with E-state index < -0.39 is 0 Å². The van der Waals surface area contributed by atoms with E-state index >= 15 is 0 Å². The number of carbonyl (C=O) groups is 1. The molecule has 104 valence electrons. The van der Waals surface area contributed by atoms with Crippen LogP contribution in [0.3, 0.4) is 0 Å². The van der Waals surface area contributed by atoms with Gasteiger partial charge in [-0.25, -0.2) is 0 Å². The fourth-order valence-electron chi connectivity index (χ4n) is 2.03. The van der Waals surface area contributed by atoms with Crippen LogP contribution in [0.15, 0.2) is 12.1 Å². The molecule has 1 heterocycles. The highest BCUT2D eigenvalue weighted by Gasteiger charge is 2.23. The van der Waals surface area contributed by atoms with Gasteiger partial charge in [0.1, 0.15) is 5.75 Å². The molecule has 0 spiro atoms. The van der Waals surface area contributed by atoms with E-state index in [0.29, 0.717) is 34.4 Å². The van der Waals surface area contributed by atoms with Gasteiger partial charge in [0.15, 0.2) is 0 Å². The Morgan fingerprint density at radius 2 is 1.79 bits per heavy atom. The summed E-state index contributed by atoms with van der Waals surface area (Å²) in [6.45, 7) is 3.14. The monoisotopic (exact) mass is 302 g/mol. The Hall–Kier alpha value is -0.970. The Labute approximate surface area is 122 Å². The lowest BCUT2D eigenvalue weighted by molar-refractivity contribution is 0.0664. The summed E-state index contributed by atoms with van der Waals surface area (Å²) in [4.78, 5) is 16.4. The lowest BCUT2D eigenvalue weighted by Crippen LogP contribution is -2.47. The zero-order valence-corrected chi connectivity index (χ0v) is 12.5. The van der Waals surface area contributed by atoms with Crippen LogP contribution in [0, 0.1) is 0 Å². The first kappa shape index (κ1) is 14.4. The second-order valence-corrected chi connectivity index (χ2v) is 5.38. The minimum atomic E-state index is -0.0809. The molecule has 0 N–H and O–H groups in total. The van der Waals surface area contributed by atoms with Crippen molar-refractivity contribution in [3.8, 4) is 5.75 Å². The summed E-state index contributed by atoms with van der Waals surface area (Å²) in [6, 6.07) is 3.15. The maximum atomic E-state index is 12.4. The van der Waals surface area contributed by atoms with Crippen LogP contribution in [-0.2, 0) is 0 Å². The summed E-state index contributed by atoms with van der Waals surface area (Å²) in [6.07, 6.45) is 0. The number of piperazine rings is 1. The van der Waals surface area contributed by atoms with Crippen LogP contribution < -0.4 is 4.74 Å². The third kappa shape index (κ3) is 3.14. The molecule has 1 aliphatic heterocycles. The fourth-order valence-corrected chi connectivity index (χ4v) is 2.50. The van der Waals surface area contributed by atoms with Crippen LogP contribution in [0.2, 0.25) is 10.0 Å². The Bertz CT molecular complexity index is 486. The molecule has 0 bridgehead atoms. The van der Waals surface area contributed by atoms with Gasteiger partial charge in [0, 0.05) is 32.2 Å². The summed E-state index contributed by atoms with van der Waals surface area (Å²) >= 11 is 12.2. The third-order valence-electron chi connectivity index (χ3n) is 3.26. The van der Waals surface area contributed by atoms with Crippen LogP contribution in [0.5, 0.6) is 5.75 Å². The molecule has 6 heteroatoms. The van der Waals surface area contributed by atoms with Crippen molar-refractivity contribution in [2.45, 2.75) is 0 Å². The van der Waals surface area contributed by atoms with E-state index in [0.717, 1.165) is 13.1 Å². The van der Waals surface area contributed by atoms with Crippen molar-refractivity contribution >= 4 is 29.1 Å². The molecule has 0 atom stereocenters. The minimum Gasteiger partial charge on any atom is -0.495 e. The second kappa shape index (κ2) is 5.99. The molecule has 0 unspecified atom stereocenters. The number of nitrogens with zero attached hydrogens (tertiary/aromatic N) is 2. The molecule has 1 aliphatic rings. The predicted molar refractivity (Wildman–Crippen MR) is 76.4 cm³/mol. The van der Waals surface area contributed by atoms with Crippen molar-refractivity contribution < 1.29 is 9.53 Å². The van der Waals surface area contributed by atoms with E-state index in [1.165, 1.54) is 7.11 Å². The Morgan fingerprint density at radius 3 is 2.37 bits per heavy atom. The molecule has 1 amide bonds. The van der Waals surface area contributed by atoms with Gasteiger partial charge in [-0.2, -0.15) is 0 Å². The molecule has 1 aromatic carbocycles. The number of carbonyl (C=O) groups excluding carboxylic acids is 1. The van der Waals surface area contributed by atoms with Crippen LogP contribution in [-0.4, -0.2) is 56.0 Å². The van der Waals surface area contributed by atoms with E-state index in [4.69, 9.17) is 27.9 Å². The zero-order chi connectivity index (χ0) is 14.0. The van der Waals surface area contributed by atoms with E-state index in [9.17, 15) is 4.79 Å². The number of halogens is 2. The molecule has 1 saturated heterocycles. The fraction of sp³-hybridized carbons (Fsp3) is 0.462. The van der Waals surface area contributed by atoms with Gasteiger partial charge in [0.25, 0.3) is 5.91 Å². The van der Waals surface area contributed by atoms with E-state index in [2.05, 4.69) is 4.90 Å². The largest absolute Gasteiger partial charge is 0.495 e. The van der Waals surface area contributed by atoms with Crippen LogP contribution in [0.25, 0.3) is 0 Å². The van der Waals surface area contributed by atoms with E-state index in [-0.39, 0.29) is 5.91 Å². The van der Waals surface area contributed by atoms with Crippen molar-refractivity contribution in [3.05, 3.63) is 27.7 Å². The quantitative estimate of drug-likeness (QED) is 0.841. The van der Waals surface area contributed by atoms with Crippen molar-refractivity contribution in [1.82, 2.24) is 9.80 Å². The lowest BCUT2D eigenvalue weighted by atomic mass is 10.1. The Kier molecular flexibility index (Phi) is 4.55. The topological polar surface area (TPSA) is 32.8 Å². The second-order valence-electron chi connectivity index (χ2n) is 4.56. The highest BCUT2D eigenvalue weighted by molar-refractivity contribution is 6.36. The van der Waals surface area contributed by atoms with Gasteiger partial charge in [-0.15, -0.1) is 0 Å². The standard InChI is InChI=1S/C13H16Cl2N2O2/c1-16-3-5-17(6-4-16)13(18)9-7-11(15)12(19-2)8-10(9)14/h7-8H,3-6H2,1-2H3. The first-order valence-corrected chi connectivity index (χ1v) is 6.79. The van der Waals surface area contributed by atoms with Crippen molar-refractivity contribution in [3.63, 3.8) is 0 Å². The number of hydrogen-bond donors (Lipinski definition) is 0. The molecule has 0 radical (unpaired) electrons. The van der Waals surface area contributed by atoms with Crippen LogP contribution in [0.1, 0.15) is 10.4 Å². The maximum absolute atomic E-state index is 12.4. The van der Waals surface area contributed by atoms with Gasteiger partial charge in [-0.3, -0.25) is 4.79 Å². The zero-order valence-electron chi connectivity index (χ0n) is 10.9. The van der Waals surface area contributed by atoms with Gasteiger partial charge < -0.3 is 14.5 Å². The van der Waals surface area contributed by atoms with Gasteiger partial charge in [-0.1, -0.05) is 23.2 Å². The average Bonchev–Trinajstić information content (AvgIpc) is 2.41. The third-order valence-corrected chi connectivity index (χ3v) is 3.87. The van der Waals surface area contributed by atoms with E-state index in [1.54, 1.807) is 17.0 Å². The minimum absolute atomic E-state index is 0.0809. The van der Waals surface area contributed by atoms with Crippen LogP contribution >= 0.6 is 23.2 Å². The molecule has 0 saturated carbocycles. The van der Waals surface area contributed by atoms with Gasteiger partial charge in [-0.05, 0) is 13.1 Å². The SMILES string of the molecule is COc1cc(Cl)c(C(=O)N2CCN(C)CC2)cc1Cl. The van der Waals surface area contributed by atoms with Crippen LogP contribution in [0.4, 0.5) is 0 Å². The summed E-state index contributed by atoms with van der Waals surface area (Å²) in [5.41, 5.74) is 0.428. The normalized spacial score (nSPS) is 16.5. The van der Waals surface area contributed by atoms with Gasteiger partial charge >= 0.3 is 0 Å². The van der Waals surface area contributed by atoms with Crippen molar-refractivity contribution in [2.24, 2.45) is 0 Å². The predicted octanol–water partition coefficient (Wildman–Crippen LogP) is 2.39. The molecular formula is C13H16Cl2N2O2. The molecule has 2 rings (SSSR count). The first-order valence-electron chi connectivity index (χ1n) is 6.03. The highest BCUT2D eigenvalue weighted by Crippen LogP contribution is 2.31. The number of benzene rings is 1. The molecular weight excluding hydrogens is 287 g/mol. The number of ether oxygens (including phenoxy) is 1. The van der Waals surface area contributed by atoms with Crippen molar-refractivity contribution in [2.75, 3.05) is 40.3 Å². The molecule has 0 aromatic heterocycles. The van der Waals surface area contributed by atoms with Gasteiger partial charge in [0.2, 0.25) is 0 Å². The molecule has 1 fully saturated rings. The van der Waals surface area contributed by atoms with Crippen molar-refractivity contribution in [1.29, 1.82) is 0 Å². The number of amides is 1. The summed E-state index contributed by atoms with van der Waals surface area (Å²) in [5.74, 6) is 0.393. The highest BCUT2D eigenvalue weighted by atomic mass is 35.5. The van der Waals surface area contributed by atoms with E-state index in [1.807, 2.05) is 7.05 Å². The molecule has 0 aliphatic carbocycles. The smallest absolute Gasteiger partial charge is 0.255 e. The Balaban J connectivity index is 2.22. The first-order chi connectivity index (χ1) is 9.02. The maximum Gasteiger partial charge on any atom is 0.255 e. The number of methoxy groups -OCH3 is 1. The van der Waals surface area contributed by atoms with Gasteiger partial charge in [0.05, 0.1) is 22.7 Å². The molecule has 4 nitrogen and oxygen atoms in total. The molecule has 1 aromatic rings. The summed E-state index contributed by atoms with van der Waals surface area (Å²) in [7, 11) is 3.55. The summed E-state index contributed by atoms with van der Waals surface area (Å²) < 4.78 is 5.07. The summed E-state index contributed by atoms with van der Waals surface area (Å²) in [5, 5.41) is 0.759. The molecule has 19 heavy (non-hydrogen) atoms. The lowest BCUT2D eigenvalue weighted by Gasteiger charge is -2.32. The average molecular weight is 303 g/mol. The Morgan fingerprint density at radius 1 is 1.16 bits per heavy atom.